The maximum absolute atomic E-state index is 10.2. The summed E-state index contributed by atoms with van der Waals surface area (Å²) in [7, 11) is 0. The quantitative estimate of drug-likeness (QED) is 0.362. The molecule has 0 radical (unpaired) electrons. The van der Waals surface area contributed by atoms with Gasteiger partial charge in [0.25, 0.3) is 0 Å². The van der Waals surface area contributed by atoms with Crippen LogP contribution in [0.4, 0.5) is 4.79 Å². The molecular formula is C7H6ClN3O2. The molecule has 1 heterocycles. The van der Waals surface area contributed by atoms with Gasteiger partial charge in [0.2, 0.25) is 0 Å². The van der Waals surface area contributed by atoms with Gasteiger partial charge >= 0.3 is 6.09 Å². The van der Waals surface area contributed by atoms with Gasteiger partial charge < -0.3 is 5.11 Å². The molecule has 13 heavy (non-hydrogen) atoms. The minimum absolute atomic E-state index is 0.190. The summed E-state index contributed by atoms with van der Waals surface area (Å²) in [6, 6.07) is 4.62. The largest absolute Gasteiger partial charge is 0.465 e. The van der Waals surface area contributed by atoms with E-state index in [2.05, 4.69) is 4.98 Å². The highest BCUT2D eigenvalue weighted by molar-refractivity contribution is 6.29. The number of amidine groups is 1. The minimum atomic E-state index is -1.30. The van der Waals surface area contributed by atoms with Crippen LogP contribution in [0, 0.1) is 5.41 Å². The van der Waals surface area contributed by atoms with Crippen molar-refractivity contribution < 1.29 is 9.90 Å². The molecule has 0 saturated heterocycles. The van der Waals surface area contributed by atoms with Gasteiger partial charge in [-0.1, -0.05) is 17.7 Å². The Kier molecular flexibility index (Phi) is 2.81. The van der Waals surface area contributed by atoms with E-state index in [1.807, 2.05) is 5.32 Å². The summed E-state index contributed by atoms with van der Waals surface area (Å²) in [5.74, 6) is -0.296. The molecule has 1 amide bonds. The first-order chi connectivity index (χ1) is 6.09. The van der Waals surface area contributed by atoms with Gasteiger partial charge in [-0.3, -0.25) is 10.7 Å². The summed E-state index contributed by atoms with van der Waals surface area (Å²) in [5.41, 5.74) is 0.190. The zero-order chi connectivity index (χ0) is 9.84. The number of pyridine rings is 1. The molecule has 0 aliphatic carbocycles. The van der Waals surface area contributed by atoms with E-state index in [-0.39, 0.29) is 16.7 Å². The van der Waals surface area contributed by atoms with E-state index in [4.69, 9.17) is 22.1 Å². The molecule has 0 bridgehead atoms. The molecule has 0 fully saturated rings. The standard InChI is InChI=1S/C7H6ClN3O2/c8-5-3-1-2-4(10-5)6(9)11-7(12)13/h1-3H,(H2,9,11)(H,12,13). The SMILES string of the molecule is N=C(NC(=O)O)c1cccc(Cl)n1. The second kappa shape index (κ2) is 3.86. The molecule has 6 heteroatoms. The van der Waals surface area contributed by atoms with Crippen LogP contribution in [0.15, 0.2) is 18.2 Å². The lowest BCUT2D eigenvalue weighted by Crippen LogP contribution is -2.29. The number of halogens is 1. The highest BCUT2D eigenvalue weighted by atomic mass is 35.5. The molecule has 0 aliphatic rings. The van der Waals surface area contributed by atoms with E-state index in [0.29, 0.717) is 0 Å². The zero-order valence-corrected chi connectivity index (χ0v) is 7.17. The molecule has 3 N–H and O–H groups in total. The third-order valence-corrected chi connectivity index (χ3v) is 1.41. The fraction of sp³-hybridized carbons (Fsp3) is 0. The van der Waals surface area contributed by atoms with E-state index in [1.54, 1.807) is 12.1 Å². The van der Waals surface area contributed by atoms with Crippen LogP contribution in [0.5, 0.6) is 0 Å². The second-order valence-corrected chi connectivity index (χ2v) is 2.54. The molecular weight excluding hydrogens is 194 g/mol. The molecule has 1 rings (SSSR count). The fourth-order valence-corrected chi connectivity index (χ4v) is 0.882. The Morgan fingerprint density at radius 1 is 1.62 bits per heavy atom. The molecule has 0 atom stereocenters. The number of hydrogen-bond donors (Lipinski definition) is 3. The molecule has 5 nitrogen and oxygen atoms in total. The van der Waals surface area contributed by atoms with Gasteiger partial charge in [-0.2, -0.15) is 0 Å². The van der Waals surface area contributed by atoms with E-state index in [1.165, 1.54) is 6.07 Å². The van der Waals surface area contributed by atoms with Gasteiger partial charge in [-0.25, -0.2) is 9.78 Å². The summed E-state index contributed by atoms with van der Waals surface area (Å²) in [5, 5.41) is 17.6. The predicted molar refractivity (Wildman–Crippen MR) is 47.2 cm³/mol. The Labute approximate surface area is 78.9 Å². The number of rotatable bonds is 1. The summed E-state index contributed by atoms with van der Waals surface area (Å²) in [6.07, 6.45) is -1.30. The topological polar surface area (TPSA) is 86.1 Å². The first kappa shape index (κ1) is 9.47. The number of carboxylic acid groups (broad SMARTS) is 1. The van der Waals surface area contributed by atoms with Crippen LogP contribution < -0.4 is 5.32 Å². The molecule has 68 valence electrons. The van der Waals surface area contributed by atoms with Crippen LogP contribution in [0.25, 0.3) is 0 Å². The first-order valence-corrected chi connectivity index (χ1v) is 3.69. The van der Waals surface area contributed by atoms with Crippen molar-refractivity contribution in [2.45, 2.75) is 0 Å². The smallest absolute Gasteiger partial charge is 0.410 e. The summed E-state index contributed by atoms with van der Waals surface area (Å²) < 4.78 is 0. The summed E-state index contributed by atoms with van der Waals surface area (Å²) in [6.45, 7) is 0. The monoisotopic (exact) mass is 199 g/mol. The Morgan fingerprint density at radius 3 is 2.85 bits per heavy atom. The van der Waals surface area contributed by atoms with Crippen LogP contribution in [-0.4, -0.2) is 22.0 Å². The molecule has 0 aromatic carbocycles. The number of nitrogens with one attached hydrogen (secondary N) is 2. The van der Waals surface area contributed by atoms with E-state index in [0.717, 1.165) is 0 Å². The Hall–Kier alpha value is -1.62. The van der Waals surface area contributed by atoms with Crippen LogP contribution >= 0.6 is 11.6 Å². The van der Waals surface area contributed by atoms with E-state index >= 15 is 0 Å². The second-order valence-electron chi connectivity index (χ2n) is 2.15. The van der Waals surface area contributed by atoms with Crippen molar-refractivity contribution in [2.24, 2.45) is 0 Å². The number of amides is 1. The first-order valence-electron chi connectivity index (χ1n) is 3.31. The molecule has 1 aromatic heterocycles. The van der Waals surface area contributed by atoms with Crippen LogP contribution in [0.3, 0.4) is 0 Å². The van der Waals surface area contributed by atoms with Crippen molar-refractivity contribution in [3.05, 3.63) is 29.0 Å². The van der Waals surface area contributed by atoms with Crippen molar-refractivity contribution in [2.75, 3.05) is 0 Å². The maximum Gasteiger partial charge on any atom is 0.410 e. The van der Waals surface area contributed by atoms with Crippen molar-refractivity contribution >= 4 is 23.5 Å². The van der Waals surface area contributed by atoms with Gasteiger partial charge in [0.1, 0.15) is 10.8 Å². The van der Waals surface area contributed by atoms with Crippen LogP contribution in [0.1, 0.15) is 5.69 Å². The zero-order valence-electron chi connectivity index (χ0n) is 6.41. The Bertz CT molecular complexity index is 353. The maximum atomic E-state index is 10.2. The lowest BCUT2D eigenvalue weighted by atomic mass is 10.3. The van der Waals surface area contributed by atoms with Crippen molar-refractivity contribution in [1.29, 1.82) is 5.41 Å². The van der Waals surface area contributed by atoms with Crippen molar-refractivity contribution in [1.82, 2.24) is 10.3 Å². The lowest BCUT2D eigenvalue weighted by molar-refractivity contribution is 0.200. The third-order valence-electron chi connectivity index (χ3n) is 1.20. The van der Waals surface area contributed by atoms with E-state index < -0.39 is 6.09 Å². The highest BCUT2D eigenvalue weighted by Crippen LogP contribution is 2.04. The van der Waals surface area contributed by atoms with E-state index in [9.17, 15) is 4.79 Å². The Morgan fingerprint density at radius 2 is 2.31 bits per heavy atom. The van der Waals surface area contributed by atoms with Crippen LogP contribution in [0.2, 0.25) is 5.15 Å². The Balaban J connectivity index is 2.83. The summed E-state index contributed by atoms with van der Waals surface area (Å²) in [4.78, 5) is 13.9. The lowest BCUT2D eigenvalue weighted by Gasteiger charge is -2.01. The fourth-order valence-electron chi connectivity index (χ4n) is 0.718. The van der Waals surface area contributed by atoms with Gasteiger partial charge in [-0.15, -0.1) is 0 Å². The third kappa shape index (κ3) is 2.72. The van der Waals surface area contributed by atoms with Gasteiger partial charge in [0, 0.05) is 0 Å². The number of hydrogen-bond acceptors (Lipinski definition) is 3. The summed E-state index contributed by atoms with van der Waals surface area (Å²) >= 11 is 5.54. The molecule has 0 unspecified atom stereocenters. The average Bonchev–Trinajstić information content (AvgIpc) is 2.03. The number of nitrogens with zero attached hydrogens (tertiary/aromatic N) is 1. The van der Waals surface area contributed by atoms with Crippen molar-refractivity contribution in [3.8, 4) is 0 Å². The number of aromatic nitrogens is 1. The van der Waals surface area contributed by atoms with Gasteiger partial charge in [0.05, 0.1) is 0 Å². The highest BCUT2D eigenvalue weighted by Gasteiger charge is 2.05. The average molecular weight is 200 g/mol. The molecule has 1 aromatic rings. The molecule has 0 aliphatic heterocycles. The normalized spacial score (nSPS) is 9.31. The van der Waals surface area contributed by atoms with Gasteiger partial charge in [-0.05, 0) is 12.1 Å². The molecule has 0 spiro atoms. The number of carbonyl (C=O) groups is 1. The van der Waals surface area contributed by atoms with Crippen molar-refractivity contribution in [3.63, 3.8) is 0 Å². The predicted octanol–water partition coefficient (Wildman–Crippen LogP) is 1.33. The molecule has 0 saturated carbocycles. The van der Waals surface area contributed by atoms with Crippen LogP contribution in [-0.2, 0) is 0 Å². The minimum Gasteiger partial charge on any atom is -0.465 e. The van der Waals surface area contributed by atoms with Gasteiger partial charge in [0.15, 0.2) is 5.84 Å².